The number of carbonyl (C=O) groups is 3. The van der Waals surface area contributed by atoms with Gasteiger partial charge in [-0.15, -0.1) is 0 Å². The van der Waals surface area contributed by atoms with Gasteiger partial charge < -0.3 is 4.74 Å². The molecule has 28 heavy (non-hydrogen) atoms. The molecule has 0 unspecified atom stereocenters. The van der Waals surface area contributed by atoms with Gasteiger partial charge in [0.05, 0.1) is 0 Å². The summed E-state index contributed by atoms with van der Waals surface area (Å²) in [5.74, 6) is 1.03. The molecule has 0 bridgehead atoms. The van der Waals surface area contributed by atoms with Crippen LogP contribution >= 0.6 is 0 Å². The maximum atomic E-state index is 12.8. The molecule has 0 aromatic heterocycles. The van der Waals surface area contributed by atoms with Gasteiger partial charge in [0.25, 0.3) is 0 Å². The minimum absolute atomic E-state index is 0.0160. The summed E-state index contributed by atoms with van der Waals surface area (Å²) in [5.41, 5.74) is 1.15. The van der Waals surface area contributed by atoms with Crippen LogP contribution in [0.5, 0.6) is 0 Å². The Morgan fingerprint density at radius 1 is 1.07 bits per heavy atom. The molecule has 4 heteroatoms. The number of esters is 1. The molecule has 4 aliphatic rings. The molecule has 0 aromatic carbocycles. The lowest BCUT2D eigenvalue weighted by Crippen LogP contribution is -2.58. The van der Waals surface area contributed by atoms with E-state index in [0.29, 0.717) is 30.6 Å². The fourth-order valence-electron chi connectivity index (χ4n) is 7.48. The first kappa shape index (κ1) is 19.6. The van der Waals surface area contributed by atoms with E-state index in [2.05, 4.69) is 26.8 Å². The Morgan fingerprint density at radius 3 is 2.39 bits per heavy atom. The highest BCUT2D eigenvalue weighted by molar-refractivity contribution is 5.92. The lowest BCUT2D eigenvalue weighted by molar-refractivity contribution is -0.185. The minimum Gasteiger partial charge on any atom is -0.451 e. The third kappa shape index (κ3) is 2.39. The van der Waals surface area contributed by atoms with Crippen molar-refractivity contribution in [1.82, 2.24) is 0 Å². The van der Waals surface area contributed by atoms with Gasteiger partial charge >= 0.3 is 5.97 Å². The van der Waals surface area contributed by atoms with Crippen LogP contribution < -0.4 is 0 Å². The first-order chi connectivity index (χ1) is 13.0. The monoisotopic (exact) mass is 384 g/mol. The molecule has 2 saturated carbocycles. The molecule has 0 aliphatic heterocycles. The van der Waals surface area contributed by atoms with E-state index in [9.17, 15) is 14.4 Å². The highest BCUT2D eigenvalue weighted by Crippen LogP contribution is 2.67. The summed E-state index contributed by atoms with van der Waals surface area (Å²) in [4.78, 5) is 36.8. The first-order valence-corrected chi connectivity index (χ1v) is 10.7. The average molecular weight is 385 g/mol. The molecule has 4 aliphatic carbocycles. The Balaban J connectivity index is 1.79. The largest absolute Gasteiger partial charge is 0.451 e. The van der Waals surface area contributed by atoms with Crippen molar-refractivity contribution in [2.45, 2.75) is 78.7 Å². The number of ether oxygens (including phenoxy) is 1. The van der Waals surface area contributed by atoms with Crippen molar-refractivity contribution in [3.63, 3.8) is 0 Å². The average Bonchev–Trinajstić information content (AvgIpc) is 2.90. The van der Waals surface area contributed by atoms with E-state index in [-0.39, 0.29) is 28.4 Å². The number of rotatable bonds is 2. The SMILES string of the molecule is CC(=O)O[C@]1(C(C)=O)CC[C@H]2[C@H]3C=C(C)C4=CC(=O)CC[C@]4(C)[C@H]3CC[C@]21C. The van der Waals surface area contributed by atoms with Crippen LogP contribution in [0.4, 0.5) is 0 Å². The lowest BCUT2D eigenvalue weighted by Gasteiger charge is -2.58. The van der Waals surface area contributed by atoms with Crippen molar-refractivity contribution >= 4 is 17.5 Å². The smallest absolute Gasteiger partial charge is 0.303 e. The molecule has 4 rings (SSSR count). The highest BCUT2D eigenvalue weighted by Gasteiger charge is 2.67. The van der Waals surface area contributed by atoms with E-state index in [1.807, 2.05) is 6.08 Å². The van der Waals surface area contributed by atoms with Crippen LogP contribution in [0, 0.1) is 28.6 Å². The molecular formula is C24H32O4. The van der Waals surface area contributed by atoms with Gasteiger partial charge in [0.15, 0.2) is 17.2 Å². The molecule has 0 spiro atoms. The second-order valence-electron chi connectivity index (χ2n) is 10.1. The van der Waals surface area contributed by atoms with Crippen molar-refractivity contribution < 1.29 is 19.1 Å². The van der Waals surface area contributed by atoms with Gasteiger partial charge in [-0.2, -0.15) is 0 Å². The summed E-state index contributed by atoms with van der Waals surface area (Å²) in [6.07, 6.45) is 9.20. The molecule has 0 aromatic rings. The van der Waals surface area contributed by atoms with Crippen LogP contribution in [-0.4, -0.2) is 23.1 Å². The van der Waals surface area contributed by atoms with Crippen molar-refractivity contribution in [3.05, 3.63) is 23.3 Å². The maximum Gasteiger partial charge on any atom is 0.303 e. The fourth-order valence-corrected chi connectivity index (χ4v) is 7.48. The predicted octanol–water partition coefficient (Wildman–Crippen LogP) is 4.58. The summed E-state index contributed by atoms with van der Waals surface area (Å²) in [5, 5.41) is 0. The van der Waals surface area contributed by atoms with Crippen LogP contribution in [0.2, 0.25) is 0 Å². The van der Waals surface area contributed by atoms with Gasteiger partial charge in [-0.1, -0.05) is 25.5 Å². The number of hydrogen-bond donors (Lipinski definition) is 0. The van der Waals surface area contributed by atoms with Gasteiger partial charge in [-0.25, -0.2) is 0 Å². The molecule has 0 amide bonds. The summed E-state index contributed by atoms with van der Waals surface area (Å²) >= 11 is 0. The standard InChI is InChI=1S/C24H32O4/c1-14-12-18-19(22(4)9-6-17(27)13-21(14)22)7-10-23(5)20(18)8-11-24(23,15(2)25)28-16(3)26/h12-13,18-20H,6-11H2,1-5H3/t18-,19-,20-,22+,23+,24-/m0/s1. The first-order valence-electron chi connectivity index (χ1n) is 10.7. The zero-order chi connectivity index (χ0) is 20.5. The predicted molar refractivity (Wildman–Crippen MR) is 106 cm³/mol. The van der Waals surface area contributed by atoms with E-state index < -0.39 is 5.60 Å². The molecule has 6 atom stereocenters. The molecule has 0 heterocycles. The zero-order valence-corrected chi connectivity index (χ0v) is 17.8. The summed E-state index contributed by atoms with van der Waals surface area (Å²) in [6, 6.07) is 0. The van der Waals surface area contributed by atoms with Crippen molar-refractivity contribution in [2.75, 3.05) is 0 Å². The second kappa shape index (κ2) is 6.14. The van der Waals surface area contributed by atoms with Crippen LogP contribution in [0.15, 0.2) is 23.3 Å². The van der Waals surface area contributed by atoms with E-state index in [1.54, 1.807) is 6.92 Å². The lowest BCUT2D eigenvalue weighted by atomic mass is 9.47. The van der Waals surface area contributed by atoms with Crippen molar-refractivity contribution in [1.29, 1.82) is 0 Å². The topological polar surface area (TPSA) is 60.4 Å². The maximum absolute atomic E-state index is 12.8. The highest BCUT2D eigenvalue weighted by atomic mass is 16.6. The molecular weight excluding hydrogens is 352 g/mol. The molecule has 0 radical (unpaired) electrons. The fraction of sp³-hybridized carbons (Fsp3) is 0.708. The molecule has 2 fully saturated rings. The molecule has 0 N–H and O–H groups in total. The van der Waals surface area contributed by atoms with Crippen LogP contribution in [0.1, 0.15) is 73.1 Å². The Bertz CT molecular complexity index is 820. The Morgan fingerprint density at radius 2 is 1.75 bits per heavy atom. The summed E-state index contributed by atoms with van der Waals surface area (Å²) in [7, 11) is 0. The second-order valence-corrected chi connectivity index (χ2v) is 10.1. The Hall–Kier alpha value is -1.71. The Kier molecular flexibility index (Phi) is 4.30. The van der Waals surface area contributed by atoms with E-state index in [4.69, 9.17) is 4.74 Å². The Labute approximate surface area is 167 Å². The number of fused-ring (bicyclic) bond motifs is 5. The van der Waals surface area contributed by atoms with E-state index in [1.165, 1.54) is 18.1 Å². The van der Waals surface area contributed by atoms with Gasteiger partial charge in [-0.05, 0) is 80.8 Å². The van der Waals surface area contributed by atoms with Gasteiger partial charge in [0.2, 0.25) is 0 Å². The molecule has 4 nitrogen and oxygen atoms in total. The molecule has 152 valence electrons. The van der Waals surface area contributed by atoms with Crippen molar-refractivity contribution in [2.24, 2.45) is 28.6 Å². The van der Waals surface area contributed by atoms with E-state index >= 15 is 0 Å². The normalized spacial score (nSPS) is 44.6. The van der Waals surface area contributed by atoms with Crippen molar-refractivity contribution in [3.8, 4) is 0 Å². The number of ketones is 2. The number of hydrogen-bond acceptors (Lipinski definition) is 4. The number of Topliss-reactive ketones (excluding diaryl/α,β-unsaturated/α-hetero) is 1. The quantitative estimate of drug-likeness (QED) is 0.654. The van der Waals surface area contributed by atoms with Gasteiger partial charge in [0, 0.05) is 18.8 Å². The van der Waals surface area contributed by atoms with E-state index in [0.717, 1.165) is 25.7 Å². The third-order valence-corrected chi connectivity index (χ3v) is 8.84. The van der Waals surface area contributed by atoms with Crippen LogP contribution in [0.3, 0.4) is 0 Å². The van der Waals surface area contributed by atoms with Gasteiger partial charge in [0.1, 0.15) is 0 Å². The zero-order valence-electron chi connectivity index (χ0n) is 17.8. The van der Waals surface area contributed by atoms with Gasteiger partial charge in [-0.3, -0.25) is 14.4 Å². The van der Waals surface area contributed by atoms with Crippen LogP contribution in [0.25, 0.3) is 0 Å². The minimum atomic E-state index is -0.990. The summed E-state index contributed by atoms with van der Waals surface area (Å²) < 4.78 is 5.82. The third-order valence-electron chi connectivity index (χ3n) is 8.84. The number of carbonyl (C=O) groups excluding carboxylic acids is 3. The summed E-state index contributed by atoms with van der Waals surface area (Å²) in [6.45, 7) is 9.63. The number of allylic oxidation sites excluding steroid dienone is 4. The van der Waals surface area contributed by atoms with Crippen LogP contribution in [-0.2, 0) is 19.1 Å². The molecule has 0 saturated heterocycles.